The van der Waals surface area contributed by atoms with Crippen LogP contribution in [0.25, 0.3) is 0 Å². The zero-order valence-corrected chi connectivity index (χ0v) is 4.98. The predicted molar refractivity (Wildman–Crippen MR) is 33.6 cm³/mol. The molecule has 0 aromatic rings. The van der Waals surface area contributed by atoms with E-state index in [1.165, 1.54) is 0 Å². The molecule has 0 aromatic heterocycles. The highest BCUT2D eigenvalue weighted by Crippen LogP contribution is 1.92. The van der Waals surface area contributed by atoms with Crippen molar-refractivity contribution in [2.75, 3.05) is 0 Å². The number of carboxylic acid groups (broad SMARTS) is 1. The second kappa shape index (κ2) is 2.96. The van der Waals surface area contributed by atoms with Crippen LogP contribution in [0, 0.1) is 0 Å². The lowest BCUT2D eigenvalue weighted by Crippen LogP contribution is -2.05. The molecule has 7 heavy (non-hydrogen) atoms. The average molecular weight is 118 g/mol. The lowest BCUT2D eigenvalue weighted by atomic mass is 10.0. The number of thiol groups is 1. The van der Waals surface area contributed by atoms with Gasteiger partial charge in [-0.15, -0.1) is 0 Å². The number of carboxylic acids is 1. The Kier molecular flexibility index (Phi) is 2.91. The van der Waals surface area contributed by atoms with Gasteiger partial charge in [-0.25, -0.2) is 0 Å². The van der Waals surface area contributed by atoms with E-state index in [-0.39, 0.29) is 11.6 Å². The molecular formula is C3H7BO2S. The van der Waals surface area contributed by atoms with E-state index in [4.69, 9.17) is 5.11 Å². The first-order valence-electron chi connectivity index (χ1n) is 2.03. The topological polar surface area (TPSA) is 37.3 Å². The van der Waals surface area contributed by atoms with Gasteiger partial charge in [0.2, 0.25) is 0 Å². The summed E-state index contributed by atoms with van der Waals surface area (Å²) in [6, 6.07) is 0. The molecule has 0 amide bonds. The molecule has 0 spiro atoms. The molecule has 0 bridgehead atoms. The van der Waals surface area contributed by atoms with Crippen LogP contribution >= 0.6 is 12.6 Å². The second-order valence-corrected chi connectivity index (χ2v) is 2.33. The molecule has 0 radical (unpaired) electrons. The molecule has 2 nitrogen and oxygen atoms in total. The van der Waals surface area contributed by atoms with Crippen LogP contribution in [0.2, 0.25) is 0 Å². The summed E-state index contributed by atoms with van der Waals surface area (Å²) in [5, 5.41) is 8.00. The summed E-state index contributed by atoms with van der Waals surface area (Å²) in [7, 11) is 1.75. The van der Waals surface area contributed by atoms with Crippen molar-refractivity contribution in [3.63, 3.8) is 0 Å². The van der Waals surface area contributed by atoms with E-state index in [1.807, 2.05) is 0 Å². The van der Waals surface area contributed by atoms with Gasteiger partial charge in [0.15, 0.2) is 0 Å². The van der Waals surface area contributed by atoms with Crippen LogP contribution < -0.4 is 0 Å². The number of aliphatic carboxylic acids is 1. The van der Waals surface area contributed by atoms with Gasteiger partial charge >= 0.3 is 5.97 Å². The highest BCUT2D eigenvalue weighted by molar-refractivity contribution is 7.82. The molecule has 1 N–H and O–H groups in total. The fourth-order valence-electron chi connectivity index (χ4n) is 0.253. The maximum absolute atomic E-state index is 9.76. The van der Waals surface area contributed by atoms with E-state index in [0.717, 1.165) is 0 Å². The molecule has 0 aliphatic heterocycles. The minimum absolute atomic E-state index is 0.0301. The van der Waals surface area contributed by atoms with Gasteiger partial charge in [-0.05, 0) is 5.15 Å². The first kappa shape index (κ1) is 6.88. The van der Waals surface area contributed by atoms with Crippen LogP contribution in [-0.2, 0) is 4.79 Å². The molecule has 0 aromatic carbocycles. The standard InChI is InChI=1S/C3H7BO2S/c4-2(7)1-3(5)6/h2,7H,1,4H2,(H,5,6). The quantitative estimate of drug-likeness (QED) is 0.373. The molecule has 0 aliphatic carbocycles. The van der Waals surface area contributed by atoms with Crippen LogP contribution in [-0.4, -0.2) is 24.1 Å². The Morgan fingerprint density at radius 2 is 2.43 bits per heavy atom. The van der Waals surface area contributed by atoms with Crippen LogP contribution in [0.3, 0.4) is 0 Å². The van der Waals surface area contributed by atoms with Crippen molar-refractivity contribution in [2.45, 2.75) is 11.6 Å². The van der Waals surface area contributed by atoms with E-state index in [0.29, 0.717) is 0 Å². The summed E-state index contributed by atoms with van der Waals surface area (Å²) in [5.41, 5.74) is 0. The van der Waals surface area contributed by atoms with Gasteiger partial charge in [0.05, 0.1) is 0 Å². The fourth-order valence-corrected chi connectivity index (χ4v) is 0.409. The molecule has 0 saturated carbocycles. The molecule has 40 valence electrons. The third-order valence-corrected chi connectivity index (χ3v) is 0.653. The third-order valence-electron chi connectivity index (χ3n) is 0.470. The Balaban J connectivity index is 3.13. The Labute approximate surface area is 48.7 Å². The van der Waals surface area contributed by atoms with Crippen molar-refractivity contribution in [3.05, 3.63) is 0 Å². The van der Waals surface area contributed by atoms with Crippen molar-refractivity contribution < 1.29 is 9.90 Å². The first-order valence-corrected chi connectivity index (χ1v) is 2.54. The van der Waals surface area contributed by atoms with Crippen molar-refractivity contribution >= 4 is 26.4 Å². The molecular weight excluding hydrogens is 111 g/mol. The molecule has 4 heteroatoms. The lowest BCUT2D eigenvalue weighted by Gasteiger charge is -1.93. The van der Waals surface area contributed by atoms with Gasteiger partial charge in [-0.2, -0.15) is 12.6 Å². The van der Waals surface area contributed by atoms with Gasteiger partial charge in [-0.1, -0.05) is 0 Å². The Hall–Kier alpha value is -0.115. The Morgan fingerprint density at radius 3 is 2.43 bits per heavy atom. The third kappa shape index (κ3) is 5.88. The maximum atomic E-state index is 9.76. The lowest BCUT2D eigenvalue weighted by molar-refractivity contribution is -0.136. The maximum Gasteiger partial charge on any atom is 0.303 e. The zero-order valence-electron chi connectivity index (χ0n) is 4.09. The van der Waals surface area contributed by atoms with Gasteiger partial charge in [0.25, 0.3) is 0 Å². The largest absolute Gasteiger partial charge is 0.481 e. The SMILES string of the molecule is BC(S)CC(=O)O. The van der Waals surface area contributed by atoms with E-state index in [2.05, 4.69) is 12.6 Å². The summed E-state index contributed by atoms with van der Waals surface area (Å²) in [6.07, 6.45) is 0.142. The number of hydrogen-bond acceptors (Lipinski definition) is 2. The minimum Gasteiger partial charge on any atom is -0.481 e. The van der Waals surface area contributed by atoms with E-state index in [1.54, 1.807) is 7.85 Å². The minimum atomic E-state index is -0.789. The molecule has 1 unspecified atom stereocenters. The molecule has 0 heterocycles. The van der Waals surface area contributed by atoms with Crippen LogP contribution in [0.1, 0.15) is 6.42 Å². The average Bonchev–Trinajstić information content (AvgIpc) is 1.27. The predicted octanol–water partition coefficient (Wildman–Crippen LogP) is -0.650. The summed E-state index contributed by atoms with van der Waals surface area (Å²) in [5.74, 6) is -0.789. The van der Waals surface area contributed by atoms with Crippen molar-refractivity contribution in [1.29, 1.82) is 0 Å². The first-order chi connectivity index (χ1) is 3.13. The van der Waals surface area contributed by atoms with Gasteiger partial charge < -0.3 is 5.11 Å². The molecule has 0 aliphatic rings. The summed E-state index contributed by atoms with van der Waals surface area (Å²) in [6.45, 7) is 0. The van der Waals surface area contributed by atoms with Crippen molar-refractivity contribution in [3.8, 4) is 0 Å². The fraction of sp³-hybridized carbons (Fsp3) is 0.667. The van der Waals surface area contributed by atoms with Crippen LogP contribution in [0.5, 0.6) is 0 Å². The molecule has 1 atom stereocenters. The molecule has 0 fully saturated rings. The molecule has 0 rings (SSSR count). The van der Waals surface area contributed by atoms with Gasteiger partial charge in [-0.3, -0.25) is 4.79 Å². The summed E-state index contributed by atoms with van der Waals surface area (Å²) in [4.78, 5) is 9.76. The number of rotatable bonds is 2. The van der Waals surface area contributed by atoms with Crippen molar-refractivity contribution in [1.82, 2.24) is 0 Å². The van der Waals surface area contributed by atoms with E-state index >= 15 is 0 Å². The monoisotopic (exact) mass is 118 g/mol. The zero-order chi connectivity index (χ0) is 5.86. The molecule has 0 saturated heterocycles. The van der Waals surface area contributed by atoms with E-state index in [9.17, 15) is 4.79 Å². The highest BCUT2D eigenvalue weighted by atomic mass is 32.1. The number of hydrogen-bond donors (Lipinski definition) is 2. The van der Waals surface area contributed by atoms with Crippen LogP contribution in [0.4, 0.5) is 0 Å². The summed E-state index contributed by atoms with van der Waals surface area (Å²) >= 11 is 3.86. The van der Waals surface area contributed by atoms with Crippen LogP contribution in [0.15, 0.2) is 0 Å². The second-order valence-electron chi connectivity index (χ2n) is 1.45. The highest BCUT2D eigenvalue weighted by Gasteiger charge is 1.99. The normalized spacial score (nSPS) is 13.3. The van der Waals surface area contributed by atoms with E-state index < -0.39 is 5.97 Å². The van der Waals surface area contributed by atoms with Gasteiger partial charge in [0, 0.05) is 6.42 Å². The van der Waals surface area contributed by atoms with Gasteiger partial charge in [0.1, 0.15) is 7.85 Å². The number of carbonyl (C=O) groups is 1. The van der Waals surface area contributed by atoms with Crippen molar-refractivity contribution in [2.24, 2.45) is 0 Å². The smallest absolute Gasteiger partial charge is 0.303 e. The Bertz CT molecular complexity index is 73.3. The Morgan fingerprint density at radius 1 is 2.00 bits per heavy atom. The summed E-state index contributed by atoms with van der Waals surface area (Å²) < 4.78 is 0.